The second-order valence-electron chi connectivity index (χ2n) is 4.48. The SMILES string of the molecule is CCC(CC)(NC(=O)c1cccc(C)c1Cl)C(=O)O. The van der Waals surface area contributed by atoms with Crippen LogP contribution in [0.1, 0.15) is 42.6 Å². The van der Waals surface area contributed by atoms with Crippen LogP contribution in [0.3, 0.4) is 0 Å². The van der Waals surface area contributed by atoms with Gasteiger partial charge < -0.3 is 10.4 Å². The third-order valence-corrected chi connectivity index (χ3v) is 3.91. The predicted octanol–water partition coefficient (Wildman–Crippen LogP) is 3.02. The van der Waals surface area contributed by atoms with E-state index in [4.69, 9.17) is 11.6 Å². The van der Waals surface area contributed by atoms with Gasteiger partial charge in [-0.25, -0.2) is 4.79 Å². The van der Waals surface area contributed by atoms with E-state index in [0.717, 1.165) is 5.56 Å². The topological polar surface area (TPSA) is 66.4 Å². The van der Waals surface area contributed by atoms with Crippen molar-refractivity contribution in [3.63, 3.8) is 0 Å². The van der Waals surface area contributed by atoms with Crippen LogP contribution in [-0.4, -0.2) is 22.5 Å². The van der Waals surface area contributed by atoms with Crippen LogP contribution in [0.15, 0.2) is 18.2 Å². The standard InChI is InChI=1S/C14H18ClNO3/c1-4-14(5-2,13(18)19)16-12(17)10-8-6-7-9(3)11(10)15/h6-8H,4-5H2,1-3H3,(H,16,17)(H,18,19). The van der Waals surface area contributed by atoms with Crippen molar-refractivity contribution in [3.8, 4) is 0 Å². The molecule has 0 saturated heterocycles. The molecule has 0 aliphatic heterocycles. The molecule has 0 aliphatic rings. The van der Waals surface area contributed by atoms with Crippen molar-refractivity contribution in [1.82, 2.24) is 5.32 Å². The highest BCUT2D eigenvalue weighted by atomic mass is 35.5. The minimum atomic E-state index is -1.25. The Hall–Kier alpha value is -1.55. The monoisotopic (exact) mass is 283 g/mol. The number of benzene rings is 1. The van der Waals surface area contributed by atoms with Gasteiger partial charge in [-0.2, -0.15) is 0 Å². The van der Waals surface area contributed by atoms with E-state index in [1.54, 1.807) is 39.0 Å². The van der Waals surface area contributed by atoms with Gasteiger partial charge in [0.05, 0.1) is 10.6 Å². The van der Waals surface area contributed by atoms with Gasteiger partial charge in [-0.1, -0.05) is 37.6 Å². The molecule has 0 radical (unpaired) electrons. The maximum absolute atomic E-state index is 12.2. The Bertz CT molecular complexity index is 495. The molecule has 1 aromatic carbocycles. The highest BCUT2D eigenvalue weighted by Crippen LogP contribution is 2.22. The first kappa shape index (κ1) is 15.5. The normalized spacial score (nSPS) is 11.2. The van der Waals surface area contributed by atoms with Gasteiger partial charge in [0.15, 0.2) is 0 Å². The average molecular weight is 284 g/mol. The lowest BCUT2D eigenvalue weighted by Crippen LogP contribution is -2.53. The van der Waals surface area contributed by atoms with Crippen molar-refractivity contribution in [2.24, 2.45) is 0 Å². The van der Waals surface area contributed by atoms with Crippen LogP contribution >= 0.6 is 11.6 Å². The van der Waals surface area contributed by atoms with Crippen molar-refractivity contribution in [2.75, 3.05) is 0 Å². The Morgan fingerprint density at radius 2 is 1.89 bits per heavy atom. The first-order valence-electron chi connectivity index (χ1n) is 6.19. The lowest BCUT2D eigenvalue weighted by molar-refractivity contribution is -0.144. The second kappa shape index (κ2) is 6.06. The molecule has 5 heteroatoms. The third kappa shape index (κ3) is 3.07. The molecule has 0 saturated carbocycles. The van der Waals surface area contributed by atoms with Crippen LogP contribution in [0.5, 0.6) is 0 Å². The molecule has 1 rings (SSSR count). The van der Waals surface area contributed by atoms with Crippen molar-refractivity contribution >= 4 is 23.5 Å². The minimum absolute atomic E-state index is 0.300. The molecule has 0 atom stereocenters. The Morgan fingerprint density at radius 3 is 2.37 bits per heavy atom. The highest BCUT2D eigenvalue weighted by molar-refractivity contribution is 6.34. The first-order valence-corrected chi connectivity index (χ1v) is 6.56. The van der Waals surface area contributed by atoms with E-state index >= 15 is 0 Å². The maximum atomic E-state index is 12.2. The van der Waals surface area contributed by atoms with Gasteiger partial charge in [-0.05, 0) is 31.4 Å². The van der Waals surface area contributed by atoms with Crippen LogP contribution in [0.4, 0.5) is 0 Å². The average Bonchev–Trinajstić information content (AvgIpc) is 2.38. The Kier molecular flexibility index (Phi) is 4.95. The molecule has 0 bridgehead atoms. The summed E-state index contributed by atoms with van der Waals surface area (Å²) in [6.45, 7) is 5.26. The van der Waals surface area contributed by atoms with E-state index in [9.17, 15) is 14.7 Å². The summed E-state index contributed by atoms with van der Waals surface area (Å²) in [5, 5.41) is 12.2. The number of aryl methyl sites for hydroxylation is 1. The maximum Gasteiger partial charge on any atom is 0.329 e. The lowest BCUT2D eigenvalue weighted by atomic mass is 9.92. The second-order valence-corrected chi connectivity index (χ2v) is 4.86. The number of hydrogen-bond acceptors (Lipinski definition) is 2. The van der Waals surface area contributed by atoms with Crippen LogP contribution in [-0.2, 0) is 4.79 Å². The quantitative estimate of drug-likeness (QED) is 0.873. The number of carbonyl (C=O) groups is 2. The molecule has 0 heterocycles. The summed E-state index contributed by atoms with van der Waals surface area (Å²) in [6.07, 6.45) is 0.627. The molecule has 0 fully saturated rings. The van der Waals surface area contributed by atoms with Gasteiger partial charge in [-0.15, -0.1) is 0 Å². The molecule has 1 aromatic rings. The summed E-state index contributed by atoms with van der Waals surface area (Å²) in [7, 11) is 0. The van der Waals surface area contributed by atoms with Crippen molar-refractivity contribution in [1.29, 1.82) is 0 Å². The zero-order chi connectivity index (χ0) is 14.6. The summed E-state index contributed by atoms with van der Waals surface area (Å²) in [6, 6.07) is 5.10. The Balaban J connectivity index is 3.08. The lowest BCUT2D eigenvalue weighted by Gasteiger charge is -2.28. The summed E-state index contributed by atoms with van der Waals surface area (Å²) in [5.74, 6) is -1.49. The molecular weight excluding hydrogens is 266 g/mol. The van der Waals surface area contributed by atoms with E-state index in [0.29, 0.717) is 23.4 Å². The molecule has 1 amide bonds. The molecule has 19 heavy (non-hydrogen) atoms. The largest absolute Gasteiger partial charge is 0.480 e. The molecule has 2 N–H and O–H groups in total. The summed E-state index contributed by atoms with van der Waals surface area (Å²) < 4.78 is 0. The number of halogens is 1. The van der Waals surface area contributed by atoms with Gasteiger partial charge in [0.25, 0.3) is 5.91 Å². The first-order chi connectivity index (χ1) is 8.88. The fourth-order valence-corrected chi connectivity index (χ4v) is 2.10. The number of nitrogens with one attached hydrogen (secondary N) is 1. The molecule has 0 unspecified atom stereocenters. The van der Waals surface area contributed by atoms with E-state index < -0.39 is 17.4 Å². The third-order valence-electron chi connectivity index (χ3n) is 3.41. The number of amides is 1. The highest BCUT2D eigenvalue weighted by Gasteiger charge is 2.36. The van der Waals surface area contributed by atoms with Crippen LogP contribution in [0.25, 0.3) is 0 Å². The van der Waals surface area contributed by atoms with Crippen molar-refractivity contribution in [3.05, 3.63) is 34.3 Å². The van der Waals surface area contributed by atoms with Crippen LogP contribution < -0.4 is 5.32 Å². The summed E-state index contributed by atoms with van der Waals surface area (Å²) in [4.78, 5) is 23.6. The number of carboxylic acid groups (broad SMARTS) is 1. The van der Waals surface area contributed by atoms with Crippen molar-refractivity contribution < 1.29 is 14.7 Å². The number of carboxylic acids is 1. The zero-order valence-corrected chi connectivity index (χ0v) is 12.0. The summed E-state index contributed by atoms with van der Waals surface area (Å²) in [5.41, 5.74) is -0.165. The molecule has 0 aliphatic carbocycles. The van der Waals surface area contributed by atoms with E-state index in [-0.39, 0.29) is 0 Å². The van der Waals surface area contributed by atoms with E-state index in [1.165, 1.54) is 0 Å². The van der Waals surface area contributed by atoms with Gasteiger partial charge in [0.2, 0.25) is 0 Å². The van der Waals surface area contributed by atoms with Gasteiger partial charge in [0.1, 0.15) is 5.54 Å². The smallest absolute Gasteiger partial charge is 0.329 e. The fourth-order valence-electron chi connectivity index (χ4n) is 1.89. The molecule has 104 valence electrons. The molecule has 0 spiro atoms. The summed E-state index contributed by atoms with van der Waals surface area (Å²) >= 11 is 6.07. The Labute approximate surface area is 117 Å². The molecule has 0 aromatic heterocycles. The molecular formula is C14H18ClNO3. The minimum Gasteiger partial charge on any atom is -0.480 e. The Morgan fingerprint density at radius 1 is 1.32 bits per heavy atom. The number of hydrogen-bond donors (Lipinski definition) is 2. The van der Waals surface area contributed by atoms with Crippen molar-refractivity contribution in [2.45, 2.75) is 39.2 Å². The van der Waals surface area contributed by atoms with Gasteiger partial charge in [0, 0.05) is 0 Å². The van der Waals surface area contributed by atoms with Gasteiger partial charge >= 0.3 is 5.97 Å². The van der Waals surface area contributed by atoms with E-state index in [1.807, 2.05) is 0 Å². The number of rotatable bonds is 5. The predicted molar refractivity (Wildman–Crippen MR) is 74.6 cm³/mol. The zero-order valence-electron chi connectivity index (χ0n) is 11.3. The fraction of sp³-hybridized carbons (Fsp3) is 0.429. The van der Waals surface area contributed by atoms with Crippen LogP contribution in [0, 0.1) is 6.92 Å². The van der Waals surface area contributed by atoms with E-state index in [2.05, 4.69) is 5.32 Å². The molecule has 4 nitrogen and oxygen atoms in total. The number of aliphatic carboxylic acids is 1. The van der Waals surface area contributed by atoms with Gasteiger partial charge in [-0.3, -0.25) is 4.79 Å². The number of carbonyl (C=O) groups excluding carboxylic acids is 1. The van der Waals surface area contributed by atoms with Crippen LogP contribution in [0.2, 0.25) is 5.02 Å².